The van der Waals surface area contributed by atoms with Gasteiger partial charge in [-0.3, -0.25) is 0 Å². The average molecular weight is 327 g/mol. The molecule has 0 fully saturated rings. The minimum Gasteiger partial charge on any atom is -0.465 e. The number of rotatable bonds is 3. The van der Waals surface area contributed by atoms with Crippen LogP contribution < -0.4 is 5.32 Å². The number of hydrogen-bond acceptors (Lipinski definition) is 2. The minimum absolute atomic E-state index is 0.123. The zero-order valence-corrected chi connectivity index (χ0v) is 12.6. The van der Waals surface area contributed by atoms with E-state index in [1.165, 1.54) is 12.1 Å². The summed E-state index contributed by atoms with van der Waals surface area (Å²) in [5.41, 5.74) is 0.288. The summed E-state index contributed by atoms with van der Waals surface area (Å²) in [5, 5.41) is 11.4. The second-order valence-corrected chi connectivity index (χ2v) is 5.64. The van der Waals surface area contributed by atoms with E-state index < -0.39 is 23.3 Å². The van der Waals surface area contributed by atoms with Gasteiger partial charge >= 0.3 is 6.09 Å². The lowest BCUT2D eigenvalue weighted by molar-refractivity contribution is 0.182. The van der Waals surface area contributed by atoms with Crippen LogP contribution in [0.1, 0.15) is 19.4 Å². The van der Waals surface area contributed by atoms with E-state index in [-0.39, 0.29) is 5.15 Å². The molecule has 1 amide bonds. The Balaban J connectivity index is 2.50. The van der Waals surface area contributed by atoms with E-state index in [1.54, 1.807) is 19.9 Å². The Hall–Kier alpha value is -2.21. The first kappa shape index (κ1) is 16.2. The highest BCUT2D eigenvalue weighted by Crippen LogP contribution is 2.28. The van der Waals surface area contributed by atoms with Gasteiger partial charge in [-0.25, -0.2) is 18.6 Å². The van der Waals surface area contributed by atoms with Gasteiger partial charge in [0.1, 0.15) is 5.15 Å². The van der Waals surface area contributed by atoms with Crippen LogP contribution in [0.25, 0.3) is 11.3 Å². The molecule has 2 aromatic rings. The normalized spacial score (nSPS) is 11.3. The Labute approximate surface area is 130 Å². The van der Waals surface area contributed by atoms with Gasteiger partial charge in [-0.1, -0.05) is 11.6 Å². The summed E-state index contributed by atoms with van der Waals surface area (Å²) in [6.45, 7) is 3.31. The number of aromatic nitrogens is 1. The molecule has 1 heterocycles. The molecule has 7 heteroatoms. The zero-order chi connectivity index (χ0) is 16.5. The molecule has 0 aliphatic heterocycles. The molecule has 0 aliphatic rings. The first-order chi connectivity index (χ1) is 10.2. The summed E-state index contributed by atoms with van der Waals surface area (Å²) in [7, 11) is 0. The number of benzene rings is 1. The third-order valence-corrected chi connectivity index (χ3v) is 3.34. The molecule has 2 N–H and O–H groups in total. The van der Waals surface area contributed by atoms with Crippen molar-refractivity contribution in [1.29, 1.82) is 0 Å². The third kappa shape index (κ3) is 3.51. The summed E-state index contributed by atoms with van der Waals surface area (Å²) >= 11 is 5.96. The van der Waals surface area contributed by atoms with Crippen molar-refractivity contribution >= 4 is 17.7 Å². The summed E-state index contributed by atoms with van der Waals surface area (Å²) in [6.07, 6.45) is -1.19. The summed E-state index contributed by atoms with van der Waals surface area (Å²) < 4.78 is 26.4. The van der Waals surface area contributed by atoms with E-state index in [1.807, 2.05) is 0 Å². The van der Waals surface area contributed by atoms with Gasteiger partial charge < -0.3 is 10.4 Å². The van der Waals surface area contributed by atoms with Crippen LogP contribution in [0.2, 0.25) is 5.15 Å². The summed E-state index contributed by atoms with van der Waals surface area (Å²) in [5.74, 6) is -1.96. The van der Waals surface area contributed by atoms with Crippen LogP contribution in [0.5, 0.6) is 0 Å². The molecule has 0 saturated carbocycles. The average Bonchev–Trinajstić information content (AvgIpc) is 2.39. The number of hydrogen-bond donors (Lipinski definition) is 2. The van der Waals surface area contributed by atoms with Crippen LogP contribution >= 0.6 is 11.6 Å². The fraction of sp³-hybridized carbons (Fsp3) is 0.200. The molecule has 0 unspecified atom stereocenters. The van der Waals surface area contributed by atoms with E-state index in [0.29, 0.717) is 16.8 Å². The van der Waals surface area contributed by atoms with E-state index in [9.17, 15) is 13.6 Å². The fourth-order valence-electron chi connectivity index (χ4n) is 2.00. The molecule has 1 aromatic heterocycles. The van der Waals surface area contributed by atoms with Gasteiger partial charge in [0.25, 0.3) is 0 Å². The van der Waals surface area contributed by atoms with Gasteiger partial charge in [0.15, 0.2) is 11.6 Å². The van der Waals surface area contributed by atoms with Gasteiger partial charge in [0.2, 0.25) is 0 Å². The number of pyridine rings is 1. The molecule has 0 saturated heterocycles. The maximum absolute atomic E-state index is 13.3. The molecule has 2 rings (SSSR count). The lowest BCUT2D eigenvalue weighted by atomic mass is 9.94. The molecular weight excluding hydrogens is 314 g/mol. The Morgan fingerprint density at radius 1 is 1.23 bits per heavy atom. The van der Waals surface area contributed by atoms with Crippen molar-refractivity contribution < 1.29 is 18.7 Å². The highest BCUT2D eigenvalue weighted by Gasteiger charge is 2.24. The van der Waals surface area contributed by atoms with Crippen LogP contribution in [-0.4, -0.2) is 16.2 Å². The second-order valence-electron chi connectivity index (χ2n) is 5.25. The van der Waals surface area contributed by atoms with E-state index in [4.69, 9.17) is 16.7 Å². The van der Waals surface area contributed by atoms with Gasteiger partial charge in [-0.15, -0.1) is 0 Å². The van der Waals surface area contributed by atoms with E-state index in [2.05, 4.69) is 10.3 Å². The predicted octanol–water partition coefficient (Wildman–Crippen LogP) is 4.18. The van der Waals surface area contributed by atoms with Crippen molar-refractivity contribution in [2.45, 2.75) is 19.4 Å². The van der Waals surface area contributed by atoms with Crippen molar-refractivity contribution in [3.05, 3.63) is 52.7 Å². The zero-order valence-electron chi connectivity index (χ0n) is 11.8. The Morgan fingerprint density at radius 2 is 1.91 bits per heavy atom. The highest BCUT2D eigenvalue weighted by atomic mass is 35.5. The molecule has 0 spiro atoms. The summed E-state index contributed by atoms with van der Waals surface area (Å²) in [4.78, 5) is 14.9. The van der Waals surface area contributed by atoms with Gasteiger partial charge in [0, 0.05) is 5.56 Å². The van der Waals surface area contributed by atoms with Crippen molar-refractivity contribution in [3.8, 4) is 11.3 Å². The van der Waals surface area contributed by atoms with Crippen molar-refractivity contribution in [1.82, 2.24) is 10.3 Å². The molecule has 4 nitrogen and oxygen atoms in total. The molecule has 0 bridgehead atoms. The number of halogens is 3. The van der Waals surface area contributed by atoms with Gasteiger partial charge in [0.05, 0.1) is 11.2 Å². The maximum atomic E-state index is 13.3. The van der Waals surface area contributed by atoms with Crippen molar-refractivity contribution in [3.63, 3.8) is 0 Å². The Bertz CT molecular complexity index is 735. The highest BCUT2D eigenvalue weighted by molar-refractivity contribution is 6.29. The first-order valence-electron chi connectivity index (χ1n) is 6.33. The third-order valence-electron chi connectivity index (χ3n) is 3.15. The van der Waals surface area contributed by atoms with Gasteiger partial charge in [-0.2, -0.15) is 0 Å². The summed E-state index contributed by atoms with van der Waals surface area (Å²) in [6, 6.07) is 6.47. The predicted molar refractivity (Wildman–Crippen MR) is 78.8 cm³/mol. The number of nitrogens with one attached hydrogen (secondary N) is 1. The smallest absolute Gasteiger partial charge is 0.405 e. The van der Waals surface area contributed by atoms with Crippen LogP contribution in [0.3, 0.4) is 0 Å². The molecule has 1 aromatic carbocycles. The number of amides is 1. The molecule has 0 aliphatic carbocycles. The van der Waals surface area contributed by atoms with Gasteiger partial charge in [-0.05, 0) is 49.7 Å². The monoisotopic (exact) mass is 326 g/mol. The Kier molecular flexibility index (Phi) is 4.32. The quantitative estimate of drug-likeness (QED) is 0.832. The molecule has 116 valence electrons. The minimum atomic E-state index is -1.19. The lowest BCUT2D eigenvalue weighted by Gasteiger charge is -2.25. The van der Waals surface area contributed by atoms with Crippen molar-refractivity contribution in [2.24, 2.45) is 0 Å². The molecule has 22 heavy (non-hydrogen) atoms. The van der Waals surface area contributed by atoms with E-state index in [0.717, 1.165) is 12.1 Å². The first-order valence-corrected chi connectivity index (χ1v) is 6.71. The SMILES string of the molecule is CC(C)(NC(=O)O)c1cc(Cl)nc(-c2ccc(F)c(F)c2)c1. The van der Waals surface area contributed by atoms with Crippen LogP contribution in [0.15, 0.2) is 30.3 Å². The second kappa shape index (κ2) is 5.88. The van der Waals surface area contributed by atoms with Crippen LogP contribution in [0.4, 0.5) is 13.6 Å². The molecule has 0 radical (unpaired) electrons. The molecule has 0 atom stereocenters. The topological polar surface area (TPSA) is 62.2 Å². The van der Waals surface area contributed by atoms with Crippen LogP contribution in [0, 0.1) is 11.6 Å². The fourth-order valence-corrected chi connectivity index (χ4v) is 2.21. The largest absolute Gasteiger partial charge is 0.465 e. The number of nitrogens with zero attached hydrogens (tertiary/aromatic N) is 1. The van der Waals surface area contributed by atoms with Crippen LogP contribution in [-0.2, 0) is 5.54 Å². The van der Waals surface area contributed by atoms with Crippen molar-refractivity contribution in [2.75, 3.05) is 0 Å². The lowest BCUT2D eigenvalue weighted by Crippen LogP contribution is -2.40. The standard InChI is InChI=1S/C15H13ClF2N2O2/c1-15(2,20-14(21)22)9-6-12(19-13(16)7-9)8-3-4-10(17)11(18)5-8/h3-7,20H,1-2H3,(H,21,22). The maximum Gasteiger partial charge on any atom is 0.405 e. The number of carboxylic acid groups (broad SMARTS) is 1. The Morgan fingerprint density at radius 3 is 2.50 bits per heavy atom. The number of carbonyl (C=O) groups is 1. The van der Waals surface area contributed by atoms with E-state index >= 15 is 0 Å². The molecular formula is C15H13ClF2N2O2.